The Balaban J connectivity index is 2.34. The second-order valence-corrected chi connectivity index (χ2v) is 4.06. The van der Waals surface area contributed by atoms with Crippen molar-refractivity contribution in [1.82, 2.24) is 0 Å². The van der Waals surface area contributed by atoms with E-state index in [1.165, 1.54) is 6.07 Å². The largest absolute Gasteiger partial charge is 0.478 e. The zero-order valence-corrected chi connectivity index (χ0v) is 8.92. The topological polar surface area (TPSA) is 57.5 Å². The minimum Gasteiger partial charge on any atom is -0.478 e. The third-order valence-electron chi connectivity index (χ3n) is 3.16. The van der Waals surface area contributed by atoms with Gasteiger partial charge in [0.05, 0.1) is 5.56 Å². The standard InChI is InChI=1S/C14H10O3/c15-13-10-5-2-1-4-8(10)9-6-3-7-11(12(9)13)14(16)17/h1-7,13,15H,(H,16,17)/t13-/m1/s1. The molecule has 0 saturated carbocycles. The molecule has 1 aliphatic carbocycles. The molecule has 0 unspecified atom stereocenters. The van der Waals surface area contributed by atoms with E-state index in [1.807, 2.05) is 30.3 Å². The van der Waals surface area contributed by atoms with Crippen LogP contribution in [-0.2, 0) is 0 Å². The normalized spacial score (nSPS) is 16.4. The summed E-state index contributed by atoms with van der Waals surface area (Å²) in [7, 11) is 0. The van der Waals surface area contributed by atoms with Crippen LogP contribution in [0.25, 0.3) is 11.1 Å². The molecule has 3 rings (SSSR count). The van der Waals surface area contributed by atoms with E-state index in [2.05, 4.69) is 0 Å². The molecule has 0 fully saturated rings. The SMILES string of the molecule is O=C(O)c1cccc2c1[C@H](O)c1ccccc1-2. The monoisotopic (exact) mass is 226 g/mol. The van der Waals surface area contributed by atoms with Crippen LogP contribution in [0.5, 0.6) is 0 Å². The summed E-state index contributed by atoms with van der Waals surface area (Å²) in [6, 6.07) is 12.5. The number of hydrogen-bond acceptors (Lipinski definition) is 2. The Labute approximate surface area is 98.0 Å². The fourth-order valence-corrected chi connectivity index (χ4v) is 2.42. The van der Waals surface area contributed by atoms with Gasteiger partial charge in [-0.1, -0.05) is 36.4 Å². The van der Waals surface area contributed by atoms with E-state index in [4.69, 9.17) is 5.11 Å². The van der Waals surface area contributed by atoms with Gasteiger partial charge in [0.15, 0.2) is 0 Å². The lowest BCUT2D eigenvalue weighted by Crippen LogP contribution is -2.05. The second-order valence-electron chi connectivity index (χ2n) is 4.06. The van der Waals surface area contributed by atoms with Gasteiger partial charge in [-0.05, 0) is 22.8 Å². The lowest BCUT2D eigenvalue weighted by atomic mass is 10.0. The van der Waals surface area contributed by atoms with Gasteiger partial charge in [0, 0.05) is 5.56 Å². The Kier molecular flexibility index (Phi) is 2.03. The Morgan fingerprint density at radius 2 is 1.71 bits per heavy atom. The first-order chi connectivity index (χ1) is 8.20. The van der Waals surface area contributed by atoms with Crippen LogP contribution in [0.3, 0.4) is 0 Å². The first-order valence-corrected chi connectivity index (χ1v) is 5.33. The van der Waals surface area contributed by atoms with Crippen LogP contribution in [0.1, 0.15) is 27.6 Å². The Morgan fingerprint density at radius 1 is 1.00 bits per heavy atom. The van der Waals surface area contributed by atoms with Crippen molar-refractivity contribution in [2.75, 3.05) is 0 Å². The maximum Gasteiger partial charge on any atom is 0.336 e. The third kappa shape index (κ3) is 1.29. The molecule has 2 N–H and O–H groups in total. The molecule has 0 amide bonds. The van der Waals surface area contributed by atoms with Crippen LogP contribution in [0.15, 0.2) is 42.5 Å². The summed E-state index contributed by atoms with van der Waals surface area (Å²) in [4.78, 5) is 11.1. The van der Waals surface area contributed by atoms with Crippen LogP contribution >= 0.6 is 0 Å². The van der Waals surface area contributed by atoms with E-state index in [-0.39, 0.29) is 5.56 Å². The molecule has 2 aromatic rings. The van der Waals surface area contributed by atoms with Crippen molar-refractivity contribution < 1.29 is 15.0 Å². The van der Waals surface area contributed by atoms with Gasteiger partial charge in [-0.15, -0.1) is 0 Å². The average molecular weight is 226 g/mol. The predicted molar refractivity (Wildman–Crippen MR) is 62.9 cm³/mol. The summed E-state index contributed by atoms with van der Waals surface area (Å²) in [5.41, 5.74) is 3.18. The highest BCUT2D eigenvalue weighted by molar-refractivity contribution is 5.94. The van der Waals surface area contributed by atoms with Gasteiger partial charge in [0.1, 0.15) is 6.10 Å². The number of fused-ring (bicyclic) bond motifs is 3. The van der Waals surface area contributed by atoms with E-state index < -0.39 is 12.1 Å². The van der Waals surface area contributed by atoms with E-state index >= 15 is 0 Å². The third-order valence-corrected chi connectivity index (χ3v) is 3.16. The minimum absolute atomic E-state index is 0.172. The van der Waals surface area contributed by atoms with Crippen LogP contribution in [-0.4, -0.2) is 16.2 Å². The van der Waals surface area contributed by atoms with Crippen molar-refractivity contribution in [3.63, 3.8) is 0 Å². The molecular formula is C14H10O3. The number of hydrogen-bond donors (Lipinski definition) is 2. The summed E-state index contributed by atoms with van der Waals surface area (Å²) in [5.74, 6) is -1.01. The highest BCUT2D eigenvalue weighted by Gasteiger charge is 2.30. The number of aliphatic hydroxyl groups excluding tert-OH is 1. The quantitative estimate of drug-likeness (QED) is 0.785. The van der Waals surface area contributed by atoms with Crippen LogP contribution in [0, 0.1) is 0 Å². The molecule has 0 spiro atoms. The van der Waals surface area contributed by atoms with Crippen molar-refractivity contribution >= 4 is 5.97 Å². The predicted octanol–water partition coefficient (Wildman–Crippen LogP) is 2.45. The minimum atomic E-state index is -1.01. The molecule has 0 radical (unpaired) electrons. The van der Waals surface area contributed by atoms with E-state index in [9.17, 15) is 9.90 Å². The lowest BCUT2D eigenvalue weighted by Gasteiger charge is -2.08. The smallest absolute Gasteiger partial charge is 0.336 e. The number of carboxylic acid groups (broad SMARTS) is 1. The van der Waals surface area contributed by atoms with Crippen molar-refractivity contribution in [2.24, 2.45) is 0 Å². The summed E-state index contributed by atoms with van der Waals surface area (Å²) in [6.07, 6.45) is -0.839. The number of benzene rings is 2. The highest BCUT2D eigenvalue weighted by atomic mass is 16.4. The van der Waals surface area contributed by atoms with E-state index in [1.54, 1.807) is 6.07 Å². The molecule has 0 saturated heterocycles. The van der Waals surface area contributed by atoms with Gasteiger partial charge in [-0.25, -0.2) is 4.79 Å². The molecule has 2 aromatic carbocycles. The van der Waals surface area contributed by atoms with Gasteiger partial charge in [-0.2, -0.15) is 0 Å². The number of aliphatic hydroxyl groups is 1. The zero-order valence-electron chi connectivity index (χ0n) is 8.92. The van der Waals surface area contributed by atoms with Gasteiger partial charge >= 0.3 is 5.97 Å². The van der Waals surface area contributed by atoms with Crippen molar-refractivity contribution in [3.05, 3.63) is 59.2 Å². The van der Waals surface area contributed by atoms with Crippen molar-refractivity contribution in [3.8, 4) is 11.1 Å². The molecule has 0 heterocycles. The maximum absolute atomic E-state index is 11.1. The fourth-order valence-electron chi connectivity index (χ4n) is 2.42. The van der Waals surface area contributed by atoms with E-state index in [0.29, 0.717) is 5.56 Å². The molecular weight excluding hydrogens is 216 g/mol. The van der Waals surface area contributed by atoms with Crippen LogP contribution < -0.4 is 0 Å². The molecule has 17 heavy (non-hydrogen) atoms. The Hall–Kier alpha value is -2.13. The number of aromatic carboxylic acids is 1. The maximum atomic E-state index is 11.1. The van der Waals surface area contributed by atoms with Gasteiger partial charge in [-0.3, -0.25) is 0 Å². The number of carboxylic acids is 1. The Morgan fingerprint density at radius 3 is 2.47 bits per heavy atom. The molecule has 0 aliphatic heterocycles. The molecule has 0 bridgehead atoms. The molecule has 3 heteroatoms. The molecule has 3 nitrogen and oxygen atoms in total. The zero-order chi connectivity index (χ0) is 12.0. The van der Waals surface area contributed by atoms with E-state index in [0.717, 1.165) is 16.7 Å². The summed E-state index contributed by atoms with van der Waals surface area (Å²) >= 11 is 0. The fraction of sp³-hybridized carbons (Fsp3) is 0.0714. The molecule has 1 aliphatic rings. The first-order valence-electron chi connectivity index (χ1n) is 5.33. The second kappa shape index (κ2) is 3.43. The molecule has 0 aromatic heterocycles. The van der Waals surface area contributed by atoms with Crippen LogP contribution in [0.4, 0.5) is 0 Å². The summed E-state index contributed by atoms with van der Waals surface area (Å²) in [6.45, 7) is 0. The average Bonchev–Trinajstić information content (AvgIpc) is 2.64. The van der Waals surface area contributed by atoms with Gasteiger partial charge in [0.25, 0.3) is 0 Å². The summed E-state index contributed by atoms with van der Waals surface area (Å²) < 4.78 is 0. The number of carbonyl (C=O) groups is 1. The van der Waals surface area contributed by atoms with Gasteiger partial charge < -0.3 is 10.2 Å². The highest BCUT2D eigenvalue weighted by Crippen LogP contribution is 2.44. The van der Waals surface area contributed by atoms with Crippen molar-refractivity contribution in [1.29, 1.82) is 0 Å². The first kappa shape index (κ1) is 10.1. The molecule has 84 valence electrons. The molecule has 1 atom stereocenters. The van der Waals surface area contributed by atoms with Gasteiger partial charge in [0.2, 0.25) is 0 Å². The lowest BCUT2D eigenvalue weighted by molar-refractivity contribution is 0.0692. The Bertz CT molecular complexity index is 617. The number of rotatable bonds is 1. The van der Waals surface area contributed by atoms with Crippen molar-refractivity contribution in [2.45, 2.75) is 6.10 Å². The summed E-state index contributed by atoms with van der Waals surface area (Å²) in [5, 5.41) is 19.3. The van der Waals surface area contributed by atoms with Crippen LogP contribution in [0.2, 0.25) is 0 Å².